The van der Waals surface area contributed by atoms with Gasteiger partial charge in [0.1, 0.15) is 5.75 Å². The normalized spacial score (nSPS) is 12.4. The van der Waals surface area contributed by atoms with Gasteiger partial charge in [0.05, 0.1) is 13.2 Å². The maximum absolute atomic E-state index is 9.64. The molecule has 0 saturated carbocycles. The second kappa shape index (κ2) is 8.15. The Bertz CT molecular complexity index is 347. The fraction of sp³-hybridized carbons (Fsp3) is 0.625. The molecule has 0 aromatic heterocycles. The number of rotatable bonds is 8. The highest BCUT2D eigenvalue weighted by Gasteiger charge is 2.03. The molecule has 102 valence electrons. The number of benzene rings is 1. The molecule has 0 radical (unpaired) electrons. The van der Waals surface area contributed by atoms with Crippen molar-refractivity contribution >= 4 is 0 Å². The number of hydrogen-bond donors (Lipinski definition) is 1. The maximum atomic E-state index is 9.64. The van der Waals surface area contributed by atoms with Gasteiger partial charge in [-0.1, -0.05) is 31.9 Å². The lowest BCUT2D eigenvalue weighted by molar-refractivity contribution is 0.150. The minimum atomic E-state index is -0.109. The van der Waals surface area contributed by atoms with Crippen molar-refractivity contribution in [3.63, 3.8) is 0 Å². The molecule has 2 nitrogen and oxygen atoms in total. The van der Waals surface area contributed by atoms with Crippen molar-refractivity contribution in [1.82, 2.24) is 0 Å². The van der Waals surface area contributed by atoms with Crippen LogP contribution in [-0.2, 0) is 6.42 Å². The standard InChI is InChI=1S/C16H26O2/c1-4-7-15(17)9-6-5-8-14-11-10-13(2)16(12-14)18-3/h10-12,15,17H,4-9H2,1-3H3. The van der Waals surface area contributed by atoms with Crippen molar-refractivity contribution in [1.29, 1.82) is 0 Å². The smallest absolute Gasteiger partial charge is 0.122 e. The van der Waals surface area contributed by atoms with Crippen molar-refractivity contribution in [3.8, 4) is 5.75 Å². The molecule has 0 aliphatic rings. The van der Waals surface area contributed by atoms with Crippen LogP contribution in [0.5, 0.6) is 5.75 Å². The molecule has 0 aliphatic carbocycles. The number of hydrogen-bond acceptors (Lipinski definition) is 2. The van der Waals surface area contributed by atoms with E-state index in [1.165, 1.54) is 11.1 Å². The van der Waals surface area contributed by atoms with E-state index >= 15 is 0 Å². The maximum Gasteiger partial charge on any atom is 0.122 e. The van der Waals surface area contributed by atoms with Gasteiger partial charge in [0.25, 0.3) is 0 Å². The first-order valence-electron chi connectivity index (χ1n) is 6.99. The number of aliphatic hydroxyl groups excluding tert-OH is 1. The molecule has 0 bridgehead atoms. The van der Waals surface area contributed by atoms with E-state index in [0.717, 1.165) is 44.3 Å². The molecular weight excluding hydrogens is 224 g/mol. The van der Waals surface area contributed by atoms with Gasteiger partial charge in [0, 0.05) is 0 Å². The Morgan fingerprint density at radius 1 is 1.22 bits per heavy atom. The predicted molar refractivity (Wildman–Crippen MR) is 76.2 cm³/mol. The highest BCUT2D eigenvalue weighted by atomic mass is 16.5. The summed E-state index contributed by atoms with van der Waals surface area (Å²) in [5.74, 6) is 0.971. The third kappa shape index (κ3) is 5.09. The van der Waals surface area contributed by atoms with Gasteiger partial charge in [-0.05, 0) is 49.8 Å². The Hall–Kier alpha value is -1.02. The molecule has 1 unspecified atom stereocenters. The first kappa shape index (κ1) is 15.0. The number of ether oxygens (including phenoxy) is 1. The van der Waals surface area contributed by atoms with Crippen molar-refractivity contribution < 1.29 is 9.84 Å². The van der Waals surface area contributed by atoms with E-state index in [2.05, 4.69) is 32.0 Å². The SMILES string of the molecule is CCCC(O)CCCCc1ccc(C)c(OC)c1. The monoisotopic (exact) mass is 250 g/mol. The third-order valence-electron chi connectivity index (χ3n) is 3.35. The van der Waals surface area contributed by atoms with E-state index in [9.17, 15) is 5.11 Å². The molecule has 18 heavy (non-hydrogen) atoms. The fourth-order valence-corrected chi connectivity index (χ4v) is 2.21. The minimum Gasteiger partial charge on any atom is -0.496 e. The summed E-state index contributed by atoms with van der Waals surface area (Å²) < 4.78 is 5.32. The summed E-state index contributed by atoms with van der Waals surface area (Å²) in [7, 11) is 1.72. The Labute approximate surface area is 111 Å². The Morgan fingerprint density at radius 2 is 2.00 bits per heavy atom. The van der Waals surface area contributed by atoms with Gasteiger partial charge in [-0.3, -0.25) is 0 Å². The number of methoxy groups -OCH3 is 1. The summed E-state index contributed by atoms with van der Waals surface area (Å²) in [5, 5.41) is 9.64. The first-order valence-corrected chi connectivity index (χ1v) is 6.99. The van der Waals surface area contributed by atoms with Crippen LogP contribution in [0.15, 0.2) is 18.2 Å². The van der Waals surface area contributed by atoms with Gasteiger partial charge in [0.15, 0.2) is 0 Å². The Balaban J connectivity index is 2.31. The molecule has 0 spiro atoms. The van der Waals surface area contributed by atoms with E-state index in [0.29, 0.717) is 0 Å². The lowest BCUT2D eigenvalue weighted by Crippen LogP contribution is -2.05. The second-order valence-corrected chi connectivity index (χ2v) is 4.99. The molecule has 0 saturated heterocycles. The molecule has 0 aliphatic heterocycles. The summed E-state index contributed by atoms with van der Waals surface area (Å²) in [6, 6.07) is 6.40. The molecule has 1 rings (SSSR count). The van der Waals surface area contributed by atoms with Gasteiger partial charge in [-0.15, -0.1) is 0 Å². The van der Waals surface area contributed by atoms with Crippen LogP contribution in [0, 0.1) is 6.92 Å². The molecule has 1 N–H and O–H groups in total. The second-order valence-electron chi connectivity index (χ2n) is 4.99. The molecule has 1 aromatic rings. The fourth-order valence-electron chi connectivity index (χ4n) is 2.21. The van der Waals surface area contributed by atoms with Crippen LogP contribution in [0.2, 0.25) is 0 Å². The highest BCUT2D eigenvalue weighted by molar-refractivity contribution is 5.36. The van der Waals surface area contributed by atoms with Crippen molar-refractivity contribution in [3.05, 3.63) is 29.3 Å². The van der Waals surface area contributed by atoms with E-state index < -0.39 is 0 Å². The Morgan fingerprint density at radius 3 is 2.67 bits per heavy atom. The van der Waals surface area contributed by atoms with E-state index in [4.69, 9.17) is 4.74 Å². The van der Waals surface area contributed by atoms with Crippen LogP contribution in [-0.4, -0.2) is 18.3 Å². The van der Waals surface area contributed by atoms with Gasteiger partial charge < -0.3 is 9.84 Å². The van der Waals surface area contributed by atoms with Gasteiger partial charge in [0.2, 0.25) is 0 Å². The zero-order chi connectivity index (χ0) is 13.4. The van der Waals surface area contributed by atoms with Gasteiger partial charge in [-0.2, -0.15) is 0 Å². The van der Waals surface area contributed by atoms with Crippen LogP contribution < -0.4 is 4.74 Å². The molecule has 2 heteroatoms. The lowest BCUT2D eigenvalue weighted by Gasteiger charge is -2.10. The average Bonchev–Trinajstić information content (AvgIpc) is 2.37. The summed E-state index contributed by atoms with van der Waals surface area (Å²) in [5.41, 5.74) is 2.50. The summed E-state index contributed by atoms with van der Waals surface area (Å²) in [6.45, 7) is 4.17. The lowest BCUT2D eigenvalue weighted by atomic mass is 10.0. The van der Waals surface area contributed by atoms with Gasteiger partial charge in [-0.25, -0.2) is 0 Å². The molecular formula is C16H26O2. The number of aryl methyl sites for hydroxylation is 2. The van der Waals surface area contributed by atoms with E-state index in [1.807, 2.05) is 0 Å². The largest absolute Gasteiger partial charge is 0.496 e. The average molecular weight is 250 g/mol. The molecule has 1 atom stereocenters. The topological polar surface area (TPSA) is 29.5 Å². The molecule has 0 heterocycles. The highest BCUT2D eigenvalue weighted by Crippen LogP contribution is 2.20. The Kier molecular flexibility index (Phi) is 6.81. The summed E-state index contributed by atoms with van der Waals surface area (Å²) >= 11 is 0. The predicted octanol–water partition coefficient (Wildman–Crippen LogP) is 3.88. The zero-order valence-electron chi connectivity index (χ0n) is 11.9. The van der Waals surface area contributed by atoms with Crippen molar-refractivity contribution in [2.75, 3.05) is 7.11 Å². The van der Waals surface area contributed by atoms with Gasteiger partial charge >= 0.3 is 0 Å². The third-order valence-corrected chi connectivity index (χ3v) is 3.35. The molecule has 0 fully saturated rings. The molecule has 1 aromatic carbocycles. The van der Waals surface area contributed by atoms with Crippen LogP contribution in [0.3, 0.4) is 0 Å². The summed E-state index contributed by atoms with van der Waals surface area (Å²) in [6.07, 6.45) is 6.10. The quantitative estimate of drug-likeness (QED) is 0.710. The van der Waals surface area contributed by atoms with E-state index in [-0.39, 0.29) is 6.10 Å². The van der Waals surface area contributed by atoms with Crippen LogP contribution in [0.25, 0.3) is 0 Å². The molecule has 0 amide bonds. The van der Waals surface area contributed by atoms with E-state index in [1.54, 1.807) is 7.11 Å². The summed E-state index contributed by atoms with van der Waals surface area (Å²) in [4.78, 5) is 0. The first-order chi connectivity index (χ1) is 8.67. The zero-order valence-corrected chi connectivity index (χ0v) is 11.9. The van der Waals surface area contributed by atoms with Crippen molar-refractivity contribution in [2.24, 2.45) is 0 Å². The van der Waals surface area contributed by atoms with Crippen molar-refractivity contribution in [2.45, 2.75) is 58.5 Å². The number of aliphatic hydroxyl groups is 1. The van der Waals surface area contributed by atoms with Crippen LogP contribution >= 0.6 is 0 Å². The minimum absolute atomic E-state index is 0.109. The van der Waals surface area contributed by atoms with Crippen LogP contribution in [0.1, 0.15) is 50.2 Å². The van der Waals surface area contributed by atoms with Crippen LogP contribution in [0.4, 0.5) is 0 Å². The number of unbranched alkanes of at least 4 members (excludes halogenated alkanes) is 1.